The zero-order valence-corrected chi connectivity index (χ0v) is 12.3. The molecule has 5 nitrogen and oxygen atoms in total. The van der Waals surface area contributed by atoms with Crippen LogP contribution in [0.3, 0.4) is 0 Å². The molecule has 5 heteroatoms. The van der Waals surface area contributed by atoms with E-state index in [1.807, 2.05) is 18.2 Å². The summed E-state index contributed by atoms with van der Waals surface area (Å²) in [5.41, 5.74) is 2.01. The Balaban J connectivity index is 1.70. The Morgan fingerprint density at radius 2 is 2.05 bits per heavy atom. The van der Waals surface area contributed by atoms with E-state index in [1.165, 1.54) is 19.3 Å². The van der Waals surface area contributed by atoms with Gasteiger partial charge in [-0.15, -0.1) is 0 Å². The lowest BCUT2D eigenvalue weighted by Gasteiger charge is -2.31. The Morgan fingerprint density at radius 1 is 1.24 bits per heavy atom. The minimum Gasteiger partial charge on any atom is -0.370 e. The van der Waals surface area contributed by atoms with E-state index in [0.717, 1.165) is 31.0 Å². The van der Waals surface area contributed by atoms with Crippen LogP contribution in [0, 0.1) is 0 Å². The topological polar surface area (TPSA) is 53.6 Å². The number of hydrogen-bond donors (Lipinski definition) is 2. The van der Waals surface area contributed by atoms with E-state index >= 15 is 0 Å². The Labute approximate surface area is 125 Å². The second-order valence-electron chi connectivity index (χ2n) is 5.62. The molecule has 0 aliphatic carbocycles. The lowest BCUT2D eigenvalue weighted by Crippen LogP contribution is -2.45. The summed E-state index contributed by atoms with van der Waals surface area (Å²) in [6.07, 6.45) is 3.34. The summed E-state index contributed by atoms with van der Waals surface area (Å²) in [6, 6.07) is 8.04. The van der Waals surface area contributed by atoms with E-state index in [-0.39, 0.29) is 5.91 Å². The number of piperidine rings is 1. The Morgan fingerprint density at radius 3 is 2.81 bits per heavy atom. The third kappa shape index (κ3) is 3.54. The minimum atomic E-state index is -0.395. The number of carbonyl (C=O) groups is 1. The molecule has 2 N–H and O–H groups in total. The minimum absolute atomic E-state index is 0.0633. The van der Waals surface area contributed by atoms with Crippen molar-refractivity contribution in [2.75, 3.05) is 43.0 Å². The van der Waals surface area contributed by atoms with Crippen molar-refractivity contribution >= 4 is 17.3 Å². The SMILES string of the molecule is O=C(Nc1ccccc1N1CCCCC1)C1CNCCO1. The highest BCUT2D eigenvalue weighted by atomic mass is 16.5. The Hall–Kier alpha value is -1.59. The number of nitrogens with zero attached hydrogens (tertiary/aromatic N) is 1. The number of ether oxygens (including phenoxy) is 1. The fraction of sp³-hybridized carbons (Fsp3) is 0.562. The second-order valence-corrected chi connectivity index (χ2v) is 5.62. The van der Waals surface area contributed by atoms with Gasteiger partial charge in [0.25, 0.3) is 5.91 Å². The van der Waals surface area contributed by atoms with Crippen LogP contribution in [0.1, 0.15) is 19.3 Å². The first-order valence-electron chi connectivity index (χ1n) is 7.82. The van der Waals surface area contributed by atoms with E-state index in [2.05, 4.69) is 21.6 Å². The van der Waals surface area contributed by atoms with Crippen molar-refractivity contribution in [3.63, 3.8) is 0 Å². The molecule has 2 aliphatic heterocycles. The molecular weight excluding hydrogens is 266 g/mol. The van der Waals surface area contributed by atoms with Crippen LogP contribution in [-0.4, -0.2) is 44.8 Å². The van der Waals surface area contributed by atoms with Gasteiger partial charge in [0, 0.05) is 26.2 Å². The fourth-order valence-corrected chi connectivity index (χ4v) is 2.94. The van der Waals surface area contributed by atoms with Crippen LogP contribution in [0.2, 0.25) is 0 Å². The number of para-hydroxylation sites is 2. The standard InChI is InChI=1S/C16H23N3O2/c20-16(15-12-17-8-11-21-15)18-13-6-2-3-7-14(13)19-9-4-1-5-10-19/h2-3,6-7,15,17H,1,4-5,8-12H2,(H,18,20). The lowest BCUT2D eigenvalue weighted by atomic mass is 10.1. The van der Waals surface area contributed by atoms with Crippen molar-refractivity contribution in [2.45, 2.75) is 25.4 Å². The highest BCUT2D eigenvalue weighted by Gasteiger charge is 2.23. The van der Waals surface area contributed by atoms with Gasteiger partial charge >= 0.3 is 0 Å². The van der Waals surface area contributed by atoms with Gasteiger partial charge in [-0.1, -0.05) is 12.1 Å². The Bertz CT molecular complexity index is 480. The van der Waals surface area contributed by atoms with E-state index < -0.39 is 6.10 Å². The van der Waals surface area contributed by atoms with Crippen LogP contribution >= 0.6 is 0 Å². The van der Waals surface area contributed by atoms with Gasteiger partial charge in [0.05, 0.1) is 18.0 Å². The molecule has 1 unspecified atom stereocenters. The third-order valence-electron chi connectivity index (χ3n) is 4.08. The smallest absolute Gasteiger partial charge is 0.254 e. The largest absolute Gasteiger partial charge is 0.370 e. The molecule has 1 aromatic rings. The number of morpholine rings is 1. The van der Waals surface area contributed by atoms with Crippen LogP contribution in [-0.2, 0) is 9.53 Å². The molecule has 2 aliphatic rings. The van der Waals surface area contributed by atoms with E-state index in [1.54, 1.807) is 0 Å². The van der Waals surface area contributed by atoms with Crippen LogP contribution < -0.4 is 15.5 Å². The first kappa shape index (κ1) is 14.4. The third-order valence-corrected chi connectivity index (χ3v) is 4.08. The van der Waals surface area contributed by atoms with Gasteiger partial charge < -0.3 is 20.3 Å². The molecule has 2 saturated heterocycles. The van der Waals surface area contributed by atoms with Gasteiger partial charge in [-0.3, -0.25) is 4.79 Å². The van der Waals surface area contributed by atoms with Gasteiger partial charge in [0.2, 0.25) is 0 Å². The summed E-state index contributed by atoms with van der Waals surface area (Å²) in [5, 5.41) is 6.22. The average molecular weight is 289 g/mol. The molecule has 114 valence electrons. The summed E-state index contributed by atoms with van der Waals surface area (Å²) in [6.45, 7) is 4.11. The summed E-state index contributed by atoms with van der Waals surface area (Å²) in [4.78, 5) is 14.7. The van der Waals surface area contributed by atoms with Crippen LogP contribution in [0.5, 0.6) is 0 Å². The van der Waals surface area contributed by atoms with Gasteiger partial charge in [-0.2, -0.15) is 0 Å². The van der Waals surface area contributed by atoms with E-state index in [4.69, 9.17) is 4.74 Å². The molecule has 2 heterocycles. The molecule has 0 radical (unpaired) electrons. The van der Waals surface area contributed by atoms with Crippen LogP contribution in [0.15, 0.2) is 24.3 Å². The van der Waals surface area contributed by atoms with Gasteiger partial charge in [-0.05, 0) is 31.4 Å². The number of rotatable bonds is 3. The fourth-order valence-electron chi connectivity index (χ4n) is 2.94. The lowest BCUT2D eigenvalue weighted by molar-refractivity contribution is -0.128. The first-order chi connectivity index (χ1) is 10.3. The monoisotopic (exact) mass is 289 g/mol. The maximum absolute atomic E-state index is 12.3. The highest BCUT2D eigenvalue weighted by molar-refractivity contribution is 5.97. The van der Waals surface area contributed by atoms with Crippen molar-refractivity contribution in [3.05, 3.63) is 24.3 Å². The molecule has 1 aromatic carbocycles. The maximum Gasteiger partial charge on any atom is 0.254 e. The number of carbonyl (C=O) groups excluding carboxylic acids is 1. The van der Waals surface area contributed by atoms with Crippen molar-refractivity contribution in [3.8, 4) is 0 Å². The zero-order valence-electron chi connectivity index (χ0n) is 12.3. The van der Waals surface area contributed by atoms with Crippen molar-refractivity contribution in [1.29, 1.82) is 0 Å². The molecule has 0 spiro atoms. The zero-order chi connectivity index (χ0) is 14.5. The number of anilines is 2. The van der Waals surface area contributed by atoms with Crippen molar-refractivity contribution in [1.82, 2.24) is 5.32 Å². The molecule has 0 aromatic heterocycles. The summed E-state index contributed by atoms with van der Waals surface area (Å²) >= 11 is 0. The van der Waals surface area contributed by atoms with Crippen molar-refractivity contribution < 1.29 is 9.53 Å². The molecule has 0 bridgehead atoms. The highest BCUT2D eigenvalue weighted by Crippen LogP contribution is 2.28. The molecular formula is C16H23N3O2. The van der Waals surface area contributed by atoms with Crippen molar-refractivity contribution in [2.24, 2.45) is 0 Å². The maximum atomic E-state index is 12.3. The number of amides is 1. The molecule has 1 atom stereocenters. The quantitative estimate of drug-likeness (QED) is 0.887. The predicted molar refractivity (Wildman–Crippen MR) is 83.7 cm³/mol. The molecule has 1 amide bonds. The summed E-state index contributed by atoms with van der Waals surface area (Å²) in [7, 11) is 0. The van der Waals surface area contributed by atoms with E-state index in [9.17, 15) is 4.79 Å². The van der Waals surface area contributed by atoms with E-state index in [0.29, 0.717) is 13.2 Å². The number of hydrogen-bond acceptors (Lipinski definition) is 4. The number of benzene rings is 1. The molecule has 21 heavy (non-hydrogen) atoms. The molecule has 0 saturated carbocycles. The first-order valence-corrected chi connectivity index (χ1v) is 7.82. The van der Waals surface area contributed by atoms with Crippen LogP contribution in [0.25, 0.3) is 0 Å². The molecule has 3 rings (SSSR count). The average Bonchev–Trinajstić information content (AvgIpc) is 2.57. The number of nitrogens with one attached hydrogen (secondary N) is 2. The van der Waals surface area contributed by atoms with Crippen LogP contribution in [0.4, 0.5) is 11.4 Å². The Kier molecular flexibility index (Phi) is 4.72. The second kappa shape index (κ2) is 6.91. The summed E-state index contributed by atoms with van der Waals surface area (Å²) in [5.74, 6) is -0.0633. The normalized spacial score (nSPS) is 22.9. The van der Waals surface area contributed by atoms with Gasteiger partial charge in [0.1, 0.15) is 6.10 Å². The van der Waals surface area contributed by atoms with Gasteiger partial charge in [-0.25, -0.2) is 0 Å². The molecule has 2 fully saturated rings. The predicted octanol–water partition coefficient (Wildman–Crippen LogP) is 1.60. The van der Waals surface area contributed by atoms with Gasteiger partial charge in [0.15, 0.2) is 0 Å². The summed E-state index contributed by atoms with van der Waals surface area (Å²) < 4.78 is 5.51.